The summed E-state index contributed by atoms with van der Waals surface area (Å²) in [4.78, 5) is 23.5. The minimum atomic E-state index is -0.680. The van der Waals surface area contributed by atoms with Crippen molar-refractivity contribution in [3.8, 4) is 6.07 Å². The highest BCUT2D eigenvalue weighted by atomic mass is 19.1. The van der Waals surface area contributed by atoms with Crippen molar-refractivity contribution in [2.75, 3.05) is 11.9 Å². The zero-order chi connectivity index (χ0) is 16.8. The lowest BCUT2D eigenvalue weighted by Crippen LogP contribution is -2.21. The van der Waals surface area contributed by atoms with Gasteiger partial charge in [0.2, 0.25) is 0 Å². The molecular formula is C17H13FN2O3. The third kappa shape index (κ3) is 4.38. The van der Waals surface area contributed by atoms with E-state index in [4.69, 9.17) is 10.00 Å². The molecule has 0 fully saturated rings. The van der Waals surface area contributed by atoms with Gasteiger partial charge in [-0.05, 0) is 48.9 Å². The molecule has 0 spiro atoms. The molecule has 0 unspecified atom stereocenters. The number of carbonyl (C=O) groups is 2. The predicted octanol–water partition coefficient (Wildman–Crippen LogP) is 2.80. The van der Waals surface area contributed by atoms with Crippen LogP contribution < -0.4 is 5.32 Å². The standard InChI is InChI=1S/C17H13FN2O3/c1-11-2-7-14(18)8-15(11)20-16(21)10-23-17(22)13-5-3-12(9-19)4-6-13/h2-8H,10H2,1H3,(H,20,21). The molecule has 0 saturated heterocycles. The molecule has 1 amide bonds. The van der Waals surface area contributed by atoms with Crippen molar-refractivity contribution in [2.45, 2.75) is 6.92 Å². The molecule has 0 aliphatic heterocycles. The first kappa shape index (κ1) is 16.2. The molecule has 116 valence electrons. The van der Waals surface area contributed by atoms with E-state index >= 15 is 0 Å². The second-order valence-corrected chi connectivity index (χ2v) is 4.77. The van der Waals surface area contributed by atoms with E-state index in [1.807, 2.05) is 6.07 Å². The molecule has 0 saturated carbocycles. The van der Waals surface area contributed by atoms with Crippen molar-refractivity contribution < 1.29 is 18.7 Å². The number of amides is 1. The average molecular weight is 312 g/mol. The SMILES string of the molecule is Cc1ccc(F)cc1NC(=O)COC(=O)c1ccc(C#N)cc1. The molecule has 6 heteroatoms. The highest BCUT2D eigenvalue weighted by Gasteiger charge is 2.11. The predicted molar refractivity (Wildman–Crippen MR) is 81.2 cm³/mol. The quantitative estimate of drug-likeness (QED) is 0.880. The zero-order valence-electron chi connectivity index (χ0n) is 12.3. The van der Waals surface area contributed by atoms with Gasteiger partial charge in [0.05, 0.1) is 17.2 Å². The second kappa shape index (κ2) is 7.18. The van der Waals surface area contributed by atoms with Gasteiger partial charge >= 0.3 is 5.97 Å². The van der Waals surface area contributed by atoms with Crippen LogP contribution in [0, 0.1) is 24.1 Å². The minimum absolute atomic E-state index is 0.235. The Morgan fingerprint density at radius 2 is 1.91 bits per heavy atom. The van der Waals surface area contributed by atoms with E-state index in [0.717, 1.165) is 0 Å². The first-order valence-electron chi connectivity index (χ1n) is 6.73. The maximum Gasteiger partial charge on any atom is 0.338 e. The molecule has 0 radical (unpaired) electrons. The van der Waals surface area contributed by atoms with Crippen molar-refractivity contribution in [1.29, 1.82) is 5.26 Å². The Kier molecular flexibility index (Phi) is 5.05. The van der Waals surface area contributed by atoms with Gasteiger partial charge in [0.1, 0.15) is 5.82 Å². The molecular weight excluding hydrogens is 299 g/mol. The molecule has 0 aliphatic carbocycles. The number of anilines is 1. The summed E-state index contributed by atoms with van der Waals surface area (Å²) in [5, 5.41) is 11.2. The lowest BCUT2D eigenvalue weighted by molar-refractivity contribution is -0.119. The van der Waals surface area contributed by atoms with Crippen molar-refractivity contribution in [2.24, 2.45) is 0 Å². The van der Waals surface area contributed by atoms with Gasteiger partial charge in [-0.1, -0.05) is 6.07 Å². The van der Waals surface area contributed by atoms with Gasteiger partial charge in [0, 0.05) is 5.69 Å². The number of halogens is 1. The zero-order valence-corrected chi connectivity index (χ0v) is 12.3. The smallest absolute Gasteiger partial charge is 0.338 e. The summed E-state index contributed by atoms with van der Waals surface area (Å²) >= 11 is 0. The van der Waals surface area contributed by atoms with Crippen LogP contribution in [0.4, 0.5) is 10.1 Å². The summed E-state index contributed by atoms with van der Waals surface area (Å²) in [5.41, 5.74) is 1.67. The number of hydrogen-bond acceptors (Lipinski definition) is 4. The van der Waals surface area contributed by atoms with Crippen LogP contribution in [0.2, 0.25) is 0 Å². The number of carbonyl (C=O) groups excluding carboxylic acids is 2. The fourth-order valence-corrected chi connectivity index (χ4v) is 1.81. The van der Waals surface area contributed by atoms with Gasteiger partial charge in [-0.25, -0.2) is 9.18 Å². The van der Waals surface area contributed by atoms with E-state index in [1.54, 1.807) is 6.92 Å². The van der Waals surface area contributed by atoms with Crippen molar-refractivity contribution >= 4 is 17.6 Å². The Balaban J connectivity index is 1.92. The molecule has 0 aliphatic rings. The Morgan fingerprint density at radius 3 is 2.57 bits per heavy atom. The van der Waals surface area contributed by atoms with E-state index in [2.05, 4.69) is 5.32 Å². The van der Waals surface area contributed by atoms with Gasteiger partial charge in [0.15, 0.2) is 6.61 Å². The number of rotatable bonds is 4. The molecule has 1 N–H and O–H groups in total. The van der Waals surface area contributed by atoms with E-state index in [0.29, 0.717) is 16.8 Å². The summed E-state index contributed by atoms with van der Waals surface area (Å²) in [6.45, 7) is 1.23. The molecule has 2 aromatic carbocycles. The lowest BCUT2D eigenvalue weighted by Gasteiger charge is -2.09. The number of nitrogens with zero attached hydrogens (tertiary/aromatic N) is 1. The lowest BCUT2D eigenvalue weighted by atomic mass is 10.1. The summed E-state index contributed by atoms with van der Waals surface area (Å²) in [7, 11) is 0. The molecule has 23 heavy (non-hydrogen) atoms. The van der Waals surface area contributed by atoms with Crippen molar-refractivity contribution in [3.63, 3.8) is 0 Å². The summed E-state index contributed by atoms with van der Waals surface area (Å²) in [6.07, 6.45) is 0. The Morgan fingerprint density at radius 1 is 1.22 bits per heavy atom. The van der Waals surface area contributed by atoms with Crippen LogP contribution in [-0.2, 0) is 9.53 Å². The summed E-state index contributed by atoms with van der Waals surface area (Å²) < 4.78 is 18.0. The first-order chi connectivity index (χ1) is 11.0. The van der Waals surface area contributed by atoms with E-state index in [1.165, 1.54) is 42.5 Å². The number of ether oxygens (including phenoxy) is 1. The second-order valence-electron chi connectivity index (χ2n) is 4.77. The monoisotopic (exact) mass is 312 g/mol. The number of esters is 1. The number of benzene rings is 2. The average Bonchev–Trinajstić information content (AvgIpc) is 2.56. The molecule has 2 rings (SSSR count). The van der Waals surface area contributed by atoms with Gasteiger partial charge < -0.3 is 10.1 Å². The number of aryl methyl sites for hydroxylation is 1. The molecule has 0 heterocycles. The van der Waals surface area contributed by atoms with Crippen LogP contribution in [0.5, 0.6) is 0 Å². The van der Waals surface area contributed by atoms with Gasteiger partial charge in [-0.3, -0.25) is 4.79 Å². The topological polar surface area (TPSA) is 79.2 Å². The first-order valence-corrected chi connectivity index (χ1v) is 6.73. The molecule has 0 bridgehead atoms. The molecule has 2 aromatic rings. The Labute approximate surface area is 132 Å². The normalized spacial score (nSPS) is 9.78. The number of hydrogen-bond donors (Lipinski definition) is 1. The van der Waals surface area contributed by atoms with E-state index < -0.39 is 24.3 Å². The Bertz CT molecular complexity index is 779. The highest BCUT2D eigenvalue weighted by molar-refractivity contribution is 5.95. The fourth-order valence-electron chi connectivity index (χ4n) is 1.81. The maximum atomic E-state index is 13.1. The van der Waals surface area contributed by atoms with Crippen LogP contribution >= 0.6 is 0 Å². The number of nitriles is 1. The summed E-state index contributed by atoms with van der Waals surface area (Å²) in [5.74, 6) is -1.72. The van der Waals surface area contributed by atoms with Crippen molar-refractivity contribution in [1.82, 2.24) is 0 Å². The van der Waals surface area contributed by atoms with Crippen LogP contribution in [0.15, 0.2) is 42.5 Å². The molecule has 0 atom stereocenters. The third-order valence-electron chi connectivity index (χ3n) is 3.06. The van der Waals surface area contributed by atoms with Gasteiger partial charge in [-0.15, -0.1) is 0 Å². The molecule has 0 aromatic heterocycles. The van der Waals surface area contributed by atoms with Crippen LogP contribution in [0.25, 0.3) is 0 Å². The van der Waals surface area contributed by atoms with Crippen LogP contribution in [-0.4, -0.2) is 18.5 Å². The maximum absolute atomic E-state index is 13.1. The van der Waals surface area contributed by atoms with Gasteiger partial charge in [-0.2, -0.15) is 5.26 Å². The fraction of sp³-hybridized carbons (Fsp3) is 0.118. The summed E-state index contributed by atoms with van der Waals surface area (Å²) in [6, 6.07) is 11.8. The largest absolute Gasteiger partial charge is 0.452 e. The van der Waals surface area contributed by atoms with Gasteiger partial charge in [0.25, 0.3) is 5.91 Å². The van der Waals surface area contributed by atoms with Crippen LogP contribution in [0.3, 0.4) is 0 Å². The van der Waals surface area contributed by atoms with Crippen LogP contribution in [0.1, 0.15) is 21.5 Å². The van der Waals surface area contributed by atoms with E-state index in [-0.39, 0.29) is 5.56 Å². The van der Waals surface area contributed by atoms with E-state index in [9.17, 15) is 14.0 Å². The number of nitrogens with one attached hydrogen (secondary N) is 1. The molecule has 5 nitrogen and oxygen atoms in total. The minimum Gasteiger partial charge on any atom is -0.452 e. The van der Waals surface area contributed by atoms with Crippen molar-refractivity contribution in [3.05, 3.63) is 65.0 Å². The third-order valence-corrected chi connectivity index (χ3v) is 3.06. The Hall–Kier alpha value is -3.20. The highest BCUT2D eigenvalue weighted by Crippen LogP contribution is 2.15.